The van der Waals surface area contributed by atoms with E-state index in [0.29, 0.717) is 25.0 Å². The Balaban J connectivity index is 0.985. The highest BCUT2D eigenvalue weighted by molar-refractivity contribution is 5.84. The molecule has 8 saturated carbocycles. The van der Waals surface area contributed by atoms with Crippen LogP contribution < -0.4 is 10.6 Å². The molecular formula is C27H40N2O3. The van der Waals surface area contributed by atoms with E-state index >= 15 is 0 Å². The van der Waals surface area contributed by atoms with Gasteiger partial charge in [0.15, 0.2) is 0 Å². The van der Waals surface area contributed by atoms with Crippen molar-refractivity contribution in [1.29, 1.82) is 0 Å². The van der Waals surface area contributed by atoms with Crippen LogP contribution in [0.15, 0.2) is 0 Å². The highest BCUT2D eigenvalue weighted by atomic mass is 16.5. The fraction of sp³-hybridized carbons (Fsp3) is 0.926. The standard InChI is InChI=1S/C27H40N2O3/c30-24(26-8-16-1-17(9-26)3-18(2-16)10-26)28-22-7-23(15-32-14-22)29-25(31)27-11-19-4-20(12-27)6-21(5-19)13-27/h16-23H,1-15H2,(H,28,30)(H,29,31). The Morgan fingerprint density at radius 3 is 1.16 bits per heavy atom. The average molecular weight is 441 g/mol. The van der Waals surface area contributed by atoms with E-state index < -0.39 is 0 Å². The number of amides is 2. The monoisotopic (exact) mass is 440 g/mol. The lowest BCUT2D eigenvalue weighted by Gasteiger charge is -2.56. The molecule has 1 heterocycles. The zero-order valence-corrected chi connectivity index (χ0v) is 19.5. The Hall–Kier alpha value is -1.10. The summed E-state index contributed by atoms with van der Waals surface area (Å²) in [6, 6.07) is 0.0665. The van der Waals surface area contributed by atoms with Gasteiger partial charge in [-0.15, -0.1) is 0 Å². The van der Waals surface area contributed by atoms with Crippen LogP contribution in [-0.2, 0) is 14.3 Å². The molecule has 9 rings (SSSR count). The van der Waals surface area contributed by atoms with Crippen molar-refractivity contribution in [3.05, 3.63) is 0 Å². The summed E-state index contributed by atoms with van der Waals surface area (Å²) in [5, 5.41) is 6.80. The number of rotatable bonds is 4. The molecule has 2 N–H and O–H groups in total. The van der Waals surface area contributed by atoms with Gasteiger partial charge in [0.2, 0.25) is 11.8 Å². The van der Waals surface area contributed by atoms with E-state index in [1.807, 2.05) is 0 Å². The van der Waals surface area contributed by atoms with Crippen molar-refractivity contribution in [2.45, 2.75) is 95.6 Å². The van der Waals surface area contributed by atoms with E-state index in [1.54, 1.807) is 0 Å². The fourth-order valence-electron chi connectivity index (χ4n) is 10.5. The van der Waals surface area contributed by atoms with Gasteiger partial charge < -0.3 is 15.4 Å². The average Bonchev–Trinajstić information content (AvgIpc) is 2.72. The van der Waals surface area contributed by atoms with Crippen LogP contribution >= 0.6 is 0 Å². The SMILES string of the molecule is O=C(NC1COCC(NC(=O)C23CC4CC(CC(C4)C2)C3)C1)C12CC3CC(CC(C3)C1)C2. The van der Waals surface area contributed by atoms with E-state index in [4.69, 9.17) is 4.74 Å². The van der Waals surface area contributed by atoms with Crippen LogP contribution in [0.1, 0.15) is 83.5 Å². The first-order valence-electron chi connectivity index (χ1n) is 13.7. The zero-order valence-electron chi connectivity index (χ0n) is 19.5. The number of ether oxygens (including phenoxy) is 1. The van der Waals surface area contributed by atoms with Gasteiger partial charge in [0, 0.05) is 10.8 Å². The summed E-state index contributed by atoms with van der Waals surface area (Å²) < 4.78 is 5.90. The van der Waals surface area contributed by atoms with Crippen LogP contribution in [-0.4, -0.2) is 37.1 Å². The summed E-state index contributed by atoms with van der Waals surface area (Å²) in [6.45, 7) is 1.17. The van der Waals surface area contributed by atoms with Crippen LogP contribution in [0.4, 0.5) is 0 Å². The summed E-state index contributed by atoms with van der Waals surface area (Å²) >= 11 is 0. The predicted octanol–water partition coefficient (Wildman–Crippen LogP) is 3.81. The van der Waals surface area contributed by atoms with Crippen LogP contribution in [0, 0.1) is 46.3 Å². The lowest BCUT2D eigenvalue weighted by atomic mass is 9.49. The molecule has 8 aliphatic carbocycles. The Labute approximate surface area is 192 Å². The Morgan fingerprint density at radius 2 is 0.844 bits per heavy atom. The molecule has 0 aromatic heterocycles. The highest BCUT2D eigenvalue weighted by Crippen LogP contribution is 2.61. The normalized spacial score (nSPS) is 52.8. The fourth-order valence-corrected chi connectivity index (χ4v) is 10.5. The Kier molecular flexibility index (Phi) is 4.56. The maximum absolute atomic E-state index is 13.5. The zero-order chi connectivity index (χ0) is 21.5. The first kappa shape index (κ1) is 20.3. The van der Waals surface area contributed by atoms with Crippen molar-refractivity contribution < 1.29 is 14.3 Å². The molecule has 176 valence electrons. The topological polar surface area (TPSA) is 67.4 Å². The number of carbonyl (C=O) groups excluding carboxylic acids is 2. The van der Waals surface area contributed by atoms with Crippen molar-refractivity contribution in [2.24, 2.45) is 46.3 Å². The molecule has 0 spiro atoms. The van der Waals surface area contributed by atoms with Crippen molar-refractivity contribution in [2.75, 3.05) is 13.2 Å². The molecular weight excluding hydrogens is 400 g/mol. The first-order chi connectivity index (χ1) is 15.5. The van der Waals surface area contributed by atoms with E-state index in [9.17, 15) is 9.59 Å². The van der Waals surface area contributed by atoms with E-state index in [2.05, 4.69) is 10.6 Å². The highest BCUT2D eigenvalue weighted by Gasteiger charge is 2.56. The van der Waals surface area contributed by atoms with Gasteiger partial charge in [-0.05, 0) is 119 Å². The van der Waals surface area contributed by atoms with Crippen LogP contribution in [0.2, 0.25) is 0 Å². The van der Waals surface area contributed by atoms with Gasteiger partial charge in [-0.1, -0.05) is 0 Å². The van der Waals surface area contributed by atoms with E-state index in [0.717, 1.165) is 80.5 Å². The summed E-state index contributed by atoms with van der Waals surface area (Å²) in [5.74, 6) is 5.26. The van der Waals surface area contributed by atoms with Crippen molar-refractivity contribution >= 4 is 11.8 Å². The largest absolute Gasteiger partial charge is 0.377 e. The van der Waals surface area contributed by atoms with Crippen LogP contribution in [0.25, 0.3) is 0 Å². The Morgan fingerprint density at radius 1 is 0.531 bits per heavy atom. The quantitative estimate of drug-likeness (QED) is 0.699. The molecule has 8 bridgehead atoms. The van der Waals surface area contributed by atoms with Gasteiger partial charge in [0.1, 0.15) is 0 Å². The molecule has 32 heavy (non-hydrogen) atoms. The maximum atomic E-state index is 13.5. The lowest BCUT2D eigenvalue weighted by Crippen LogP contribution is -2.59. The Bertz CT molecular complexity index is 672. The van der Waals surface area contributed by atoms with Crippen molar-refractivity contribution in [3.8, 4) is 0 Å². The molecule has 2 unspecified atom stereocenters. The van der Waals surface area contributed by atoms with Gasteiger partial charge in [-0.25, -0.2) is 0 Å². The third-order valence-corrected chi connectivity index (χ3v) is 10.9. The number of hydrogen-bond donors (Lipinski definition) is 2. The molecule has 5 heteroatoms. The predicted molar refractivity (Wildman–Crippen MR) is 121 cm³/mol. The minimum Gasteiger partial charge on any atom is -0.377 e. The second-order valence-electron chi connectivity index (χ2n) is 13.5. The summed E-state index contributed by atoms with van der Waals surface area (Å²) in [7, 11) is 0. The van der Waals surface area contributed by atoms with Gasteiger partial charge in [-0.2, -0.15) is 0 Å². The third kappa shape index (κ3) is 3.27. The second-order valence-corrected chi connectivity index (χ2v) is 13.5. The van der Waals surface area contributed by atoms with Gasteiger partial charge in [0.25, 0.3) is 0 Å². The molecule has 0 radical (unpaired) electrons. The minimum absolute atomic E-state index is 0.0333. The van der Waals surface area contributed by atoms with Crippen molar-refractivity contribution in [3.63, 3.8) is 0 Å². The molecule has 0 aromatic rings. The molecule has 0 aromatic carbocycles. The third-order valence-electron chi connectivity index (χ3n) is 10.9. The molecule has 2 amide bonds. The minimum atomic E-state index is -0.107. The molecule has 1 aliphatic heterocycles. The second kappa shape index (κ2) is 7.20. The van der Waals surface area contributed by atoms with Gasteiger partial charge in [-0.3, -0.25) is 9.59 Å². The van der Waals surface area contributed by atoms with E-state index in [-0.39, 0.29) is 22.9 Å². The molecule has 9 aliphatic rings. The molecule has 9 fully saturated rings. The lowest BCUT2D eigenvalue weighted by molar-refractivity contribution is -0.149. The number of nitrogens with one attached hydrogen (secondary N) is 2. The van der Waals surface area contributed by atoms with Gasteiger partial charge >= 0.3 is 0 Å². The molecule has 2 atom stereocenters. The number of carbonyl (C=O) groups is 2. The number of hydrogen-bond acceptors (Lipinski definition) is 3. The van der Waals surface area contributed by atoms with Crippen molar-refractivity contribution in [1.82, 2.24) is 10.6 Å². The summed E-state index contributed by atoms with van der Waals surface area (Å²) in [6.07, 6.45) is 15.6. The van der Waals surface area contributed by atoms with E-state index in [1.165, 1.54) is 38.5 Å². The smallest absolute Gasteiger partial charge is 0.226 e. The summed E-state index contributed by atoms with van der Waals surface area (Å²) in [4.78, 5) is 26.9. The molecule has 1 saturated heterocycles. The maximum Gasteiger partial charge on any atom is 0.226 e. The first-order valence-corrected chi connectivity index (χ1v) is 13.7. The van der Waals surface area contributed by atoms with Crippen LogP contribution in [0.3, 0.4) is 0 Å². The van der Waals surface area contributed by atoms with Gasteiger partial charge in [0.05, 0.1) is 25.3 Å². The summed E-state index contributed by atoms with van der Waals surface area (Å²) in [5.41, 5.74) is -0.214. The molecule has 5 nitrogen and oxygen atoms in total. The van der Waals surface area contributed by atoms with Crippen LogP contribution in [0.5, 0.6) is 0 Å².